The molecule has 0 radical (unpaired) electrons. The maximum atomic E-state index is 14.9. The first kappa shape index (κ1) is 38.5. The molecule has 0 aliphatic rings. The summed E-state index contributed by atoms with van der Waals surface area (Å²) in [7, 11) is 0. The zero-order valence-corrected chi connectivity index (χ0v) is 27.4. The van der Waals surface area contributed by atoms with Crippen molar-refractivity contribution in [2.75, 3.05) is 19.8 Å². The van der Waals surface area contributed by atoms with E-state index in [1.807, 2.05) is 6.92 Å². The Morgan fingerprint density at radius 1 is 0.667 bits per heavy atom. The van der Waals surface area contributed by atoms with Crippen LogP contribution in [-0.4, -0.2) is 44.0 Å². The van der Waals surface area contributed by atoms with Crippen LogP contribution in [0.2, 0.25) is 0 Å². The normalized spacial score (nSPS) is 12.1. The molecule has 1 atom stereocenters. The summed E-state index contributed by atoms with van der Waals surface area (Å²) in [6.07, 6.45) is -0.0205. The summed E-state index contributed by atoms with van der Waals surface area (Å²) in [6.45, 7) is 5.58. The molecule has 3 aromatic carbocycles. The summed E-state index contributed by atoms with van der Waals surface area (Å²) < 4.78 is 90.8. The molecule has 262 valence electrons. The van der Waals surface area contributed by atoms with Gasteiger partial charge in [0.2, 0.25) is 5.82 Å². The molecule has 1 unspecified atom stereocenters. The number of carbonyl (C=O) groups excluding carboxylic acids is 2. The van der Waals surface area contributed by atoms with Crippen LogP contribution in [0.4, 0.5) is 22.0 Å². The molecule has 3 aromatic rings. The van der Waals surface area contributed by atoms with Crippen molar-refractivity contribution in [2.24, 2.45) is 0 Å². The van der Waals surface area contributed by atoms with Gasteiger partial charge in [-0.3, -0.25) is 0 Å². The van der Waals surface area contributed by atoms with Crippen molar-refractivity contribution < 1.29 is 50.5 Å². The van der Waals surface area contributed by atoms with E-state index in [0.29, 0.717) is 31.6 Å². The van der Waals surface area contributed by atoms with Crippen molar-refractivity contribution in [1.29, 1.82) is 0 Å². The highest BCUT2D eigenvalue weighted by molar-refractivity contribution is 5.92. The number of hydrogen-bond acceptors (Lipinski definition) is 6. The Bertz CT molecular complexity index is 1420. The van der Waals surface area contributed by atoms with Gasteiger partial charge in [0.05, 0.1) is 17.7 Å². The maximum Gasteiger partial charge on any atom is 0.425 e. The predicted octanol–water partition coefficient (Wildman–Crippen LogP) is 10.3. The molecule has 0 N–H and O–H groups in total. The van der Waals surface area contributed by atoms with Crippen LogP contribution in [0.25, 0.3) is 11.1 Å². The van der Waals surface area contributed by atoms with Crippen LogP contribution in [0, 0.1) is 11.6 Å². The zero-order chi connectivity index (χ0) is 34.9. The lowest BCUT2D eigenvalue weighted by atomic mass is 10.0. The third-order valence-corrected chi connectivity index (χ3v) is 7.55. The van der Waals surface area contributed by atoms with Crippen LogP contribution in [-0.2, 0) is 9.47 Å². The minimum atomic E-state index is -4.69. The Morgan fingerprint density at radius 3 is 1.90 bits per heavy atom. The van der Waals surface area contributed by atoms with Crippen molar-refractivity contribution in [3.05, 3.63) is 83.4 Å². The lowest BCUT2D eigenvalue weighted by Gasteiger charge is -2.20. The molecule has 11 heteroatoms. The molecule has 0 heterocycles. The van der Waals surface area contributed by atoms with E-state index in [9.17, 15) is 31.5 Å². The molecule has 48 heavy (non-hydrogen) atoms. The summed E-state index contributed by atoms with van der Waals surface area (Å²) in [5.41, 5.74) is 0.278. The first-order valence-electron chi connectivity index (χ1n) is 16.4. The van der Waals surface area contributed by atoms with Gasteiger partial charge in [-0.05, 0) is 86.2 Å². The average Bonchev–Trinajstić information content (AvgIpc) is 3.07. The molecule has 0 aromatic heterocycles. The van der Waals surface area contributed by atoms with Gasteiger partial charge in [-0.15, -0.1) is 0 Å². The number of unbranched alkanes of at least 4 members (excludes halogenated alkanes) is 6. The molecule has 0 saturated heterocycles. The monoisotopic (exact) mass is 678 g/mol. The average molecular weight is 679 g/mol. The lowest BCUT2D eigenvalue weighted by Crippen LogP contribution is -2.33. The van der Waals surface area contributed by atoms with Crippen LogP contribution < -0.4 is 9.47 Å². The Kier molecular flexibility index (Phi) is 15.8. The van der Waals surface area contributed by atoms with E-state index in [0.717, 1.165) is 38.5 Å². The quantitative estimate of drug-likeness (QED) is 0.0513. The highest BCUT2D eigenvalue weighted by Gasteiger charge is 2.42. The Balaban J connectivity index is 1.52. The predicted molar refractivity (Wildman–Crippen MR) is 172 cm³/mol. The van der Waals surface area contributed by atoms with Crippen molar-refractivity contribution >= 4 is 11.9 Å². The molecule has 0 spiro atoms. The van der Waals surface area contributed by atoms with Crippen LogP contribution in [0.5, 0.6) is 11.5 Å². The summed E-state index contributed by atoms with van der Waals surface area (Å²) >= 11 is 0. The molecular formula is C37H43F5O6. The molecule has 0 bridgehead atoms. The Morgan fingerprint density at radius 2 is 1.25 bits per heavy atom. The fraction of sp³-hybridized carbons (Fsp3) is 0.459. The van der Waals surface area contributed by atoms with E-state index in [1.54, 1.807) is 0 Å². The highest BCUT2D eigenvalue weighted by atomic mass is 19.4. The molecule has 0 fully saturated rings. The van der Waals surface area contributed by atoms with Crippen molar-refractivity contribution in [2.45, 2.75) is 90.3 Å². The van der Waals surface area contributed by atoms with Gasteiger partial charge in [0.15, 0.2) is 17.7 Å². The third-order valence-electron chi connectivity index (χ3n) is 7.55. The van der Waals surface area contributed by atoms with Crippen molar-refractivity contribution in [1.82, 2.24) is 0 Å². The summed E-state index contributed by atoms with van der Waals surface area (Å²) in [4.78, 5) is 25.1. The Hall–Kier alpha value is -3.99. The first-order chi connectivity index (χ1) is 23.0. The first-order valence-corrected chi connectivity index (χ1v) is 16.4. The molecule has 0 saturated carbocycles. The van der Waals surface area contributed by atoms with Gasteiger partial charge < -0.3 is 18.9 Å². The number of carbonyl (C=O) groups is 2. The van der Waals surface area contributed by atoms with Crippen LogP contribution in [0.3, 0.4) is 0 Å². The third kappa shape index (κ3) is 12.2. The van der Waals surface area contributed by atoms with E-state index in [-0.39, 0.29) is 47.6 Å². The lowest BCUT2D eigenvalue weighted by molar-refractivity contribution is -0.206. The molecule has 3 rings (SSSR count). The summed E-state index contributed by atoms with van der Waals surface area (Å²) in [5.74, 6) is -4.26. The van der Waals surface area contributed by atoms with Gasteiger partial charge in [0.1, 0.15) is 5.75 Å². The van der Waals surface area contributed by atoms with Gasteiger partial charge in [-0.25, -0.2) is 14.0 Å². The summed E-state index contributed by atoms with van der Waals surface area (Å²) in [5, 5.41) is 0. The molecule has 6 nitrogen and oxygen atoms in total. The smallest absolute Gasteiger partial charge is 0.425 e. The topological polar surface area (TPSA) is 71.1 Å². The maximum absolute atomic E-state index is 14.9. The van der Waals surface area contributed by atoms with E-state index >= 15 is 0 Å². The zero-order valence-electron chi connectivity index (χ0n) is 27.4. The molecule has 0 amide bonds. The molecule has 0 aliphatic heterocycles. The second kappa shape index (κ2) is 19.7. The van der Waals surface area contributed by atoms with Crippen LogP contribution >= 0.6 is 0 Å². The standard InChI is InChI=1S/C37H43F5O6/c1-3-5-7-8-12-32(37(40,41)42)48-36(44)28-17-19-29(20-18-28)47-35(43)27-15-13-26(14-16-27)30-21-22-31(34(39)33(30)38)46-25-11-10-24-45-23-9-6-4-2/h13-22,32H,3-12,23-25H2,1-2H3. The fourth-order valence-corrected chi connectivity index (χ4v) is 4.76. The van der Waals surface area contributed by atoms with E-state index in [4.69, 9.17) is 18.9 Å². The highest BCUT2D eigenvalue weighted by Crippen LogP contribution is 2.31. The minimum Gasteiger partial charge on any atom is -0.490 e. The van der Waals surface area contributed by atoms with Crippen molar-refractivity contribution in [3.63, 3.8) is 0 Å². The molecular weight excluding hydrogens is 635 g/mol. The van der Waals surface area contributed by atoms with Gasteiger partial charge in [0, 0.05) is 18.8 Å². The minimum absolute atomic E-state index is 0.0172. The van der Waals surface area contributed by atoms with Crippen LogP contribution in [0.15, 0.2) is 60.7 Å². The van der Waals surface area contributed by atoms with E-state index in [1.165, 1.54) is 60.7 Å². The van der Waals surface area contributed by atoms with Gasteiger partial charge in [-0.1, -0.05) is 58.1 Å². The van der Waals surface area contributed by atoms with Gasteiger partial charge in [0.25, 0.3) is 0 Å². The fourth-order valence-electron chi connectivity index (χ4n) is 4.76. The van der Waals surface area contributed by atoms with E-state index < -0.39 is 35.9 Å². The second-order valence-corrected chi connectivity index (χ2v) is 11.4. The van der Waals surface area contributed by atoms with Gasteiger partial charge in [-0.2, -0.15) is 17.6 Å². The number of rotatable bonds is 20. The second-order valence-electron chi connectivity index (χ2n) is 11.4. The van der Waals surface area contributed by atoms with Crippen LogP contribution in [0.1, 0.15) is 98.8 Å². The largest absolute Gasteiger partial charge is 0.490 e. The summed E-state index contributed by atoms with van der Waals surface area (Å²) in [6, 6.07) is 13.3. The molecule has 0 aliphatic carbocycles. The number of alkyl halides is 3. The van der Waals surface area contributed by atoms with Crippen molar-refractivity contribution in [3.8, 4) is 22.6 Å². The number of ether oxygens (including phenoxy) is 4. The number of hydrogen-bond donors (Lipinski definition) is 0. The number of benzene rings is 3. The van der Waals surface area contributed by atoms with E-state index in [2.05, 4.69) is 6.92 Å². The van der Waals surface area contributed by atoms with Gasteiger partial charge >= 0.3 is 18.1 Å². The SMILES string of the molecule is CCCCCCC(OC(=O)c1ccc(OC(=O)c2ccc(-c3ccc(OCCCCOCCCCC)c(F)c3F)cc2)cc1)C(F)(F)F. The number of halogens is 5. The Labute approximate surface area is 278 Å². The number of esters is 2.